The quantitative estimate of drug-likeness (QED) is 0.177. The summed E-state index contributed by atoms with van der Waals surface area (Å²) in [6.07, 6.45) is 2.01. The minimum Gasteiger partial charge on any atom is -0.497 e. The van der Waals surface area contributed by atoms with Crippen LogP contribution < -0.4 is 10.1 Å². The monoisotopic (exact) mass is 632 g/mol. The van der Waals surface area contributed by atoms with E-state index in [0.717, 1.165) is 24.7 Å². The van der Waals surface area contributed by atoms with Crippen LogP contribution in [0.5, 0.6) is 5.75 Å². The molecule has 0 bridgehead atoms. The number of nitrogens with zero attached hydrogens (tertiary/aromatic N) is 3. The Morgan fingerprint density at radius 3 is 2.58 bits per heavy atom. The molecule has 0 radical (unpaired) electrons. The second-order valence-corrected chi connectivity index (χ2v) is 12.1. The lowest BCUT2D eigenvalue weighted by Crippen LogP contribution is -2.43. The van der Waals surface area contributed by atoms with Gasteiger partial charge in [0, 0.05) is 62.0 Å². The van der Waals surface area contributed by atoms with E-state index in [9.17, 15) is 23.1 Å². The van der Waals surface area contributed by atoms with Crippen LogP contribution >= 0.6 is 0 Å². The third kappa shape index (κ3) is 8.22. The second kappa shape index (κ2) is 14.7. The summed E-state index contributed by atoms with van der Waals surface area (Å²) < 4.78 is 68.5. The van der Waals surface area contributed by atoms with Crippen molar-refractivity contribution in [3.05, 3.63) is 65.1 Å². The van der Waals surface area contributed by atoms with Crippen molar-refractivity contribution < 1.29 is 36.9 Å². The number of hydrogen-bond donors (Lipinski definition) is 2. The number of pyridine rings is 1. The second-order valence-electron chi connectivity index (χ2n) is 12.1. The molecule has 244 valence electrons. The van der Waals surface area contributed by atoms with Crippen LogP contribution in [0.3, 0.4) is 0 Å². The summed E-state index contributed by atoms with van der Waals surface area (Å²) in [6, 6.07) is 6.84. The topological polar surface area (TPSA) is 87.2 Å². The zero-order valence-electron chi connectivity index (χ0n) is 25.5. The Balaban J connectivity index is 1.27. The van der Waals surface area contributed by atoms with Gasteiger partial charge in [-0.1, -0.05) is 0 Å². The predicted octanol–water partition coefficient (Wildman–Crippen LogP) is 5.95. The van der Waals surface area contributed by atoms with Crippen molar-refractivity contribution in [1.82, 2.24) is 14.8 Å². The Morgan fingerprint density at radius 1 is 1.11 bits per heavy atom. The predicted molar refractivity (Wildman–Crippen MR) is 163 cm³/mol. The van der Waals surface area contributed by atoms with E-state index in [4.69, 9.17) is 9.47 Å². The maximum absolute atomic E-state index is 16.5. The molecular weight excluding hydrogens is 592 g/mol. The first-order chi connectivity index (χ1) is 21.7. The van der Waals surface area contributed by atoms with Crippen LogP contribution in [-0.2, 0) is 16.1 Å². The molecule has 3 aromatic rings. The summed E-state index contributed by atoms with van der Waals surface area (Å²) in [7, 11) is 1.57. The molecule has 2 aliphatic heterocycles. The number of hydrogen-bond acceptors (Lipinski definition) is 7. The van der Waals surface area contributed by atoms with Gasteiger partial charge in [-0.05, 0) is 68.0 Å². The molecule has 3 heterocycles. The number of piperidine rings is 1. The fraction of sp³-hybridized carbons (Fsp3) is 0.515. The molecule has 1 unspecified atom stereocenters. The first kappa shape index (κ1) is 32.9. The number of morpholine rings is 1. The number of ether oxygens (including phenoxy) is 2. The maximum atomic E-state index is 16.5. The van der Waals surface area contributed by atoms with Gasteiger partial charge < -0.3 is 24.8 Å². The summed E-state index contributed by atoms with van der Waals surface area (Å²) in [6.45, 7) is 5.14. The average Bonchev–Trinajstić information content (AvgIpc) is 3.03. The Morgan fingerprint density at radius 2 is 1.87 bits per heavy atom. The van der Waals surface area contributed by atoms with Crippen molar-refractivity contribution in [2.24, 2.45) is 5.41 Å². The van der Waals surface area contributed by atoms with Crippen molar-refractivity contribution >= 4 is 22.6 Å². The number of aliphatic carboxylic acids is 1. The van der Waals surface area contributed by atoms with Gasteiger partial charge in [-0.15, -0.1) is 0 Å². The van der Waals surface area contributed by atoms with E-state index < -0.39 is 35.0 Å². The molecule has 2 fully saturated rings. The maximum Gasteiger partial charge on any atom is 0.303 e. The lowest BCUT2D eigenvalue weighted by Gasteiger charge is -2.41. The minimum absolute atomic E-state index is 0.0643. The molecule has 0 spiro atoms. The van der Waals surface area contributed by atoms with Crippen LogP contribution in [0.2, 0.25) is 0 Å². The SMILES string of the molecule is COc1ccc2ncc(CN3CCOCC3)c(C(F)CCC3(CC(=O)O)CCN(CCNc4cc(F)cc(F)c4F)CC3)c2c1. The molecule has 2 aromatic carbocycles. The summed E-state index contributed by atoms with van der Waals surface area (Å²) in [5.74, 6) is -3.57. The van der Waals surface area contributed by atoms with Gasteiger partial charge in [0.2, 0.25) is 0 Å². The number of halogens is 4. The highest BCUT2D eigenvalue weighted by Gasteiger charge is 2.37. The number of benzene rings is 2. The molecule has 2 saturated heterocycles. The first-order valence-electron chi connectivity index (χ1n) is 15.4. The van der Waals surface area contributed by atoms with Gasteiger partial charge in [0.1, 0.15) is 17.7 Å². The van der Waals surface area contributed by atoms with Gasteiger partial charge in [0.15, 0.2) is 11.6 Å². The fourth-order valence-corrected chi connectivity index (χ4v) is 6.55. The summed E-state index contributed by atoms with van der Waals surface area (Å²) >= 11 is 0. The van der Waals surface area contributed by atoms with Crippen LogP contribution in [0, 0.1) is 22.9 Å². The summed E-state index contributed by atoms with van der Waals surface area (Å²) in [5.41, 5.74) is 1.22. The number of fused-ring (bicyclic) bond motifs is 1. The molecule has 1 aromatic heterocycles. The van der Waals surface area contributed by atoms with Crippen LogP contribution in [0.25, 0.3) is 10.9 Å². The zero-order valence-corrected chi connectivity index (χ0v) is 25.5. The Kier molecular flexibility index (Phi) is 10.8. The highest BCUT2D eigenvalue weighted by atomic mass is 19.2. The standard InChI is InChI=1S/C33H40F4N4O4/c1-44-24-2-3-28-25(18-24)31(22(20-39-28)21-41-12-14-45-15-13-41)26(35)4-5-33(19-30(42)43)6-9-40(10-7-33)11-8-38-29-17-23(34)16-27(36)32(29)37/h2-3,16-18,20,26,38H,4-15,19,21H2,1H3,(H,42,43). The summed E-state index contributed by atoms with van der Waals surface area (Å²) in [4.78, 5) is 20.9. The zero-order chi connectivity index (χ0) is 32.0. The molecular formula is C33H40F4N4O4. The van der Waals surface area contributed by atoms with Gasteiger partial charge in [-0.3, -0.25) is 14.7 Å². The van der Waals surface area contributed by atoms with Gasteiger partial charge in [0.25, 0.3) is 0 Å². The van der Waals surface area contributed by atoms with Crippen LogP contribution in [0.1, 0.15) is 49.4 Å². The normalized spacial score (nSPS) is 18.2. The molecule has 2 N–H and O–H groups in total. The van der Waals surface area contributed by atoms with E-state index >= 15 is 4.39 Å². The molecule has 0 saturated carbocycles. The van der Waals surface area contributed by atoms with E-state index in [1.54, 1.807) is 19.4 Å². The van der Waals surface area contributed by atoms with Crippen LogP contribution in [-0.4, -0.2) is 85.5 Å². The van der Waals surface area contributed by atoms with Crippen molar-refractivity contribution in [1.29, 1.82) is 0 Å². The number of carbonyl (C=O) groups is 1. The largest absolute Gasteiger partial charge is 0.497 e. The molecule has 12 heteroatoms. The van der Waals surface area contributed by atoms with Gasteiger partial charge in [0.05, 0.1) is 37.9 Å². The molecule has 5 rings (SSSR count). The van der Waals surface area contributed by atoms with E-state index in [0.29, 0.717) is 86.9 Å². The van der Waals surface area contributed by atoms with Crippen molar-refractivity contribution in [3.63, 3.8) is 0 Å². The van der Waals surface area contributed by atoms with E-state index in [1.165, 1.54) is 0 Å². The van der Waals surface area contributed by atoms with E-state index in [2.05, 4.69) is 20.1 Å². The number of anilines is 1. The van der Waals surface area contributed by atoms with Crippen molar-refractivity contribution in [2.75, 3.05) is 64.9 Å². The lowest BCUT2D eigenvalue weighted by atomic mass is 9.71. The lowest BCUT2D eigenvalue weighted by molar-refractivity contribution is -0.141. The third-order valence-electron chi connectivity index (χ3n) is 9.12. The van der Waals surface area contributed by atoms with Crippen molar-refractivity contribution in [2.45, 2.75) is 44.8 Å². The van der Waals surface area contributed by atoms with Gasteiger partial charge >= 0.3 is 5.97 Å². The minimum atomic E-state index is -1.34. The van der Waals surface area contributed by atoms with E-state index in [-0.39, 0.29) is 25.1 Å². The number of rotatable bonds is 13. The number of alkyl halides is 1. The molecule has 8 nitrogen and oxygen atoms in total. The Labute approximate surface area is 260 Å². The third-order valence-corrected chi connectivity index (χ3v) is 9.12. The highest BCUT2D eigenvalue weighted by Crippen LogP contribution is 2.43. The smallest absolute Gasteiger partial charge is 0.303 e. The Bertz CT molecular complexity index is 1480. The molecule has 0 aliphatic carbocycles. The number of carboxylic acids is 1. The number of likely N-dealkylation sites (tertiary alicyclic amines) is 1. The number of aromatic nitrogens is 1. The van der Waals surface area contributed by atoms with Crippen molar-refractivity contribution in [3.8, 4) is 5.75 Å². The average molecular weight is 633 g/mol. The van der Waals surface area contributed by atoms with Crippen LogP contribution in [0.4, 0.5) is 23.2 Å². The summed E-state index contributed by atoms with van der Waals surface area (Å²) in [5, 5.41) is 13.2. The Hall–Kier alpha value is -3.48. The highest BCUT2D eigenvalue weighted by molar-refractivity contribution is 5.85. The number of carboxylic acid groups (broad SMARTS) is 1. The number of nitrogens with one attached hydrogen (secondary N) is 1. The first-order valence-corrected chi connectivity index (χ1v) is 15.4. The van der Waals surface area contributed by atoms with E-state index in [1.807, 2.05) is 12.1 Å². The van der Waals surface area contributed by atoms with Gasteiger partial charge in [-0.25, -0.2) is 17.6 Å². The molecule has 2 aliphatic rings. The number of methoxy groups -OCH3 is 1. The fourth-order valence-electron chi connectivity index (χ4n) is 6.55. The molecule has 1 atom stereocenters. The van der Waals surface area contributed by atoms with Crippen LogP contribution in [0.15, 0.2) is 36.5 Å². The van der Waals surface area contributed by atoms with Gasteiger partial charge in [-0.2, -0.15) is 0 Å². The molecule has 0 amide bonds. The molecule has 45 heavy (non-hydrogen) atoms.